The van der Waals surface area contributed by atoms with E-state index in [1.165, 1.54) is 6.08 Å². The molecule has 2 aliphatic rings. The number of hydrogen-bond acceptors (Lipinski definition) is 5. The van der Waals surface area contributed by atoms with Crippen LogP contribution in [0.15, 0.2) is 36.1 Å². The van der Waals surface area contributed by atoms with E-state index in [2.05, 4.69) is 45.3 Å². The molecule has 0 radical (unpaired) electrons. The van der Waals surface area contributed by atoms with Crippen molar-refractivity contribution in [3.05, 3.63) is 41.7 Å². The third-order valence-electron chi connectivity index (χ3n) is 6.34. The van der Waals surface area contributed by atoms with Gasteiger partial charge in [0.15, 0.2) is 5.65 Å². The molecule has 3 unspecified atom stereocenters. The van der Waals surface area contributed by atoms with Crippen molar-refractivity contribution in [3.63, 3.8) is 0 Å². The van der Waals surface area contributed by atoms with Crippen LogP contribution in [0.3, 0.4) is 0 Å². The van der Waals surface area contributed by atoms with Crippen LogP contribution >= 0.6 is 0 Å². The van der Waals surface area contributed by atoms with Crippen LogP contribution in [0, 0.1) is 29.1 Å². The molecule has 2 aromatic rings. The molecule has 0 saturated carbocycles. The number of nitrogens with one attached hydrogen (secondary N) is 2. The summed E-state index contributed by atoms with van der Waals surface area (Å²) in [5.74, 6) is 1.16. The van der Waals surface area contributed by atoms with E-state index in [0.717, 1.165) is 25.9 Å². The Labute approximate surface area is 185 Å². The van der Waals surface area contributed by atoms with Gasteiger partial charge in [0.1, 0.15) is 0 Å². The van der Waals surface area contributed by atoms with E-state index in [1.54, 1.807) is 24.4 Å². The Bertz CT molecular complexity index is 1060. The minimum absolute atomic E-state index is 0.0138. The maximum absolute atomic E-state index is 13.9. The van der Waals surface area contributed by atoms with Gasteiger partial charge in [0, 0.05) is 31.1 Å². The number of halogens is 3. The highest BCUT2D eigenvalue weighted by molar-refractivity contribution is 5.89. The zero-order chi connectivity index (χ0) is 22.9. The number of nitriles is 1. The fourth-order valence-corrected chi connectivity index (χ4v) is 4.86. The number of hydrogen-bond donors (Lipinski definition) is 2. The van der Waals surface area contributed by atoms with Gasteiger partial charge in [0.05, 0.1) is 29.2 Å². The molecule has 2 N–H and O–H groups in total. The van der Waals surface area contributed by atoms with Crippen molar-refractivity contribution in [3.8, 4) is 6.07 Å². The Morgan fingerprint density at radius 1 is 1.31 bits per heavy atom. The van der Waals surface area contributed by atoms with Crippen molar-refractivity contribution in [2.75, 3.05) is 13.1 Å². The van der Waals surface area contributed by atoms with Gasteiger partial charge in [0.2, 0.25) is 0 Å². The zero-order valence-corrected chi connectivity index (χ0v) is 18.2. The fraction of sp³-hybridized carbons (Fsp3) is 0.522. The number of piperidine rings is 1. The van der Waals surface area contributed by atoms with E-state index in [9.17, 15) is 18.4 Å². The summed E-state index contributed by atoms with van der Waals surface area (Å²) in [6, 6.07) is 5.70. The standard InChI is InChI=1S/C23H27F3N6/c1-14(2)12-16-13-32(11-8-15(16)7-9-27)19-6-5-18(23(24,25)26)21(29-19)20-17-4-3-10-28-22(17)31-30-20/h3-6,10,14-16,19,29H,7-8,11-13H2,1-2H3,(H,28,30,31). The molecular weight excluding hydrogens is 417 g/mol. The highest BCUT2D eigenvalue weighted by atomic mass is 19.4. The van der Waals surface area contributed by atoms with E-state index in [1.807, 2.05) is 0 Å². The summed E-state index contributed by atoms with van der Waals surface area (Å²) in [5, 5.41) is 19.7. The Morgan fingerprint density at radius 3 is 2.84 bits per heavy atom. The number of allylic oxidation sites excluding steroid dienone is 2. The highest BCUT2D eigenvalue weighted by Crippen LogP contribution is 2.37. The number of likely N-dealkylation sites (tertiary alicyclic amines) is 1. The second-order valence-corrected chi connectivity index (χ2v) is 9.00. The second kappa shape index (κ2) is 8.94. The van der Waals surface area contributed by atoms with Crippen LogP contribution in [-0.4, -0.2) is 45.5 Å². The minimum Gasteiger partial charge on any atom is -0.364 e. The summed E-state index contributed by atoms with van der Waals surface area (Å²) in [6.07, 6.45) is 1.80. The van der Waals surface area contributed by atoms with Gasteiger partial charge in [-0.2, -0.15) is 23.5 Å². The quantitative estimate of drug-likeness (QED) is 0.704. The molecule has 0 aromatic carbocycles. The molecule has 1 saturated heterocycles. The monoisotopic (exact) mass is 444 g/mol. The molecule has 1 fully saturated rings. The van der Waals surface area contributed by atoms with Crippen LogP contribution in [0.5, 0.6) is 0 Å². The molecule has 2 aliphatic heterocycles. The number of pyridine rings is 1. The van der Waals surface area contributed by atoms with Crippen molar-refractivity contribution < 1.29 is 13.2 Å². The summed E-state index contributed by atoms with van der Waals surface area (Å²) in [4.78, 5) is 6.31. The molecule has 3 atom stereocenters. The van der Waals surface area contributed by atoms with E-state index in [0.29, 0.717) is 35.2 Å². The molecule has 4 heterocycles. The van der Waals surface area contributed by atoms with E-state index < -0.39 is 11.7 Å². The lowest BCUT2D eigenvalue weighted by Gasteiger charge is -2.43. The molecule has 4 rings (SSSR count). The van der Waals surface area contributed by atoms with Crippen LogP contribution in [0.1, 0.15) is 38.8 Å². The molecule has 2 aromatic heterocycles. The summed E-state index contributed by atoms with van der Waals surface area (Å²) in [5.41, 5.74) is -0.0899. The Balaban J connectivity index is 1.63. The zero-order valence-electron chi connectivity index (χ0n) is 18.2. The number of rotatable bonds is 5. The molecule has 0 spiro atoms. The van der Waals surface area contributed by atoms with Gasteiger partial charge in [-0.3, -0.25) is 10.00 Å². The van der Waals surface area contributed by atoms with Crippen LogP contribution < -0.4 is 5.32 Å². The Morgan fingerprint density at radius 2 is 2.12 bits per heavy atom. The van der Waals surface area contributed by atoms with E-state index in [-0.39, 0.29) is 17.6 Å². The molecule has 9 heteroatoms. The molecule has 0 aliphatic carbocycles. The lowest BCUT2D eigenvalue weighted by molar-refractivity contribution is -0.0883. The lowest BCUT2D eigenvalue weighted by atomic mass is 9.78. The molecule has 170 valence electrons. The number of H-pyrrole nitrogens is 1. The first kappa shape index (κ1) is 22.3. The van der Waals surface area contributed by atoms with Crippen LogP contribution in [-0.2, 0) is 0 Å². The minimum atomic E-state index is -4.51. The van der Waals surface area contributed by atoms with Gasteiger partial charge in [-0.05, 0) is 54.9 Å². The predicted molar refractivity (Wildman–Crippen MR) is 116 cm³/mol. The van der Waals surface area contributed by atoms with Crippen molar-refractivity contribution in [1.82, 2.24) is 25.4 Å². The van der Waals surface area contributed by atoms with Gasteiger partial charge in [-0.15, -0.1) is 0 Å². The molecule has 0 bridgehead atoms. The van der Waals surface area contributed by atoms with Crippen molar-refractivity contribution in [2.24, 2.45) is 17.8 Å². The molecule has 0 amide bonds. The van der Waals surface area contributed by atoms with E-state index in [4.69, 9.17) is 0 Å². The van der Waals surface area contributed by atoms with Crippen molar-refractivity contribution >= 4 is 16.7 Å². The smallest absolute Gasteiger partial charge is 0.364 e. The molecule has 6 nitrogen and oxygen atoms in total. The number of aromatic amines is 1. The van der Waals surface area contributed by atoms with Gasteiger partial charge in [-0.1, -0.05) is 13.8 Å². The van der Waals surface area contributed by atoms with E-state index >= 15 is 0 Å². The average molecular weight is 445 g/mol. The van der Waals surface area contributed by atoms with Crippen molar-refractivity contribution in [2.45, 2.75) is 45.5 Å². The Kier molecular flexibility index (Phi) is 6.24. The van der Waals surface area contributed by atoms with Crippen LogP contribution in [0.25, 0.3) is 16.7 Å². The maximum atomic E-state index is 13.9. The highest BCUT2D eigenvalue weighted by Gasteiger charge is 2.40. The summed E-state index contributed by atoms with van der Waals surface area (Å²) < 4.78 is 41.6. The maximum Gasteiger partial charge on any atom is 0.418 e. The second-order valence-electron chi connectivity index (χ2n) is 9.00. The van der Waals surface area contributed by atoms with Gasteiger partial charge >= 0.3 is 6.18 Å². The first-order valence-corrected chi connectivity index (χ1v) is 10.9. The van der Waals surface area contributed by atoms with Gasteiger partial charge < -0.3 is 5.32 Å². The van der Waals surface area contributed by atoms with Gasteiger partial charge in [0.25, 0.3) is 0 Å². The van der Waals surface area contributed by atoms with Crippen LogP contribution in [0.2, 0.25) is 0 Å². The SMILES string of the molecule is CC(C)CC1CN(C2C=CC(C(F)(F)F)=C(c3[nH]nc4ncccc34)N2)CCC1CC#N. The average Bonchev–Trinajstić information content (AvgIpc) is 3.18. The van der Waals surface area contributed by atoms with Gasteiger partial charge in [-0.25, -0.2) is 4.98 Å². The molecular formula is C23H27F3N6. The Hall–Kier alpha value is -2.86. The summed E-state index contributed by atoms with van der Waals surface area (Å²) in [6.45, 7) is 5.79. The fourth-order valence-electron chi connectivity index (χ4n) is 4.86. The lowest BCUT2D eigenvalue weighted by Crippen LogP contribution is -2.52. The van der Waals surface area contributed by atoms with Crippen molar-refractivity contribution in [1.29, 1.82) is 5.26 Å². The predicted octanol–water partition coefficient (Wildman–Crippen LogP) is 4.61. The largest absolute Gasteiger partial charge is 0.418 e. The normalized spacial score (nSPS) is 24.7. The number of nitrogens with zero attached hydrogens (tertiary/aromatic N) is 4. The number of fused-ring (bicyclic) bond motifs is 1. The topological polar surface area (TPSA) is 80.6 Å². The summed E-state index contributed by atoms with van der Waals surface area (Å²) in [7, 11) is 0. The first-order valence-electron chi connectivity index (χ1n) is 10.9. The van der Waals surface area contributed by atoms with Crippen LogP contribution in [0.4, 0.5) is 13.2 Å². The molecule has 32 heavy (non-hydrogen) atoms. The summed E-state index contributed by atoms with van der Waals surface area (Å²) >= 11 is 0. The number of aromatic nitrogens is 3. The first-order chi connectivity index (χ1) is 15.3. The number of dihydropyridines is 1. The third kappa shape index (κ3) is 4.51. The number of alkyl halides is 3. The third-order valence-corrected chi connectivity index (χ3v) is 6.34.